The number of benzene rings is 1. The third-order valence-corrected chi connectivity index (χ3v) is 3.86. The van der Waals surface area contributed by atoms with Crippen LogP contribution in [0.1, 0.15) is 49.4 Å². The molecule has 0 aromatic heterocycles. The molecule has 0 saturated heterocycles. The van der Waals surface area contributed by atoms with Crippen LogP contribution in [-0.2, 0) is 19.1 Å². The average Bonchev–Trinajstić information content (AvgIpc) is 2.66. The monoisotopic (exact) mass is 411 g/mol. The lowest BCUT2D eigenvalue weighted by atomic mass is 10.2. The topological polar surface area (TPSA) is 131 Å². The van der Waals surface area contributed by atoms with Gasteiger partial charge in [0.15, 0.2) is 0 Å². The van der Waals surface area contributed by atoms with Crippen molar-refractivity contribution in [1.29, 1.82) is 0 Å². The molecule has 2 amide bonds. The molecule has 3 N–H and O–H groups in total. The molecule has 0 unspecified atom stereocenters. The van der Waals surface area contributed by atoms with E-state index in [-0.39, 0.29) is 31.6 Å². The first-order valence-corrected chi connectivity index (χ1v) is 9.13. The number of amides is 2. The highest BCUT2D eigenvalue weighted by Gasteiger charge is 2.17. The van der Waals surface area contributed by atoms with Gasteiger partial charge in [-0.1, -0.05) is 0 Å². The second kappa shape index (κ2) is 13.1. The van der Waals surface area contributed by atoms with Gasteiger partial charge in [0.25, 0.3) is 12.4 Å². The molecule has 1 rings (SSSR count). The van der Waals surface area contributed by atoms with Crippen molar-refractivity contribution in [3.8, 4) is 0 Å². The van der Waals surface area contributed by atoms with Gasteiger partial charge in [-0.05, 0) is 50.5 Å². The fourth-order valence-corrected chi connectivity index (χ4v) is 2.32. The number of ether oxygens (including phenoxy) is 2. The Morgan fingerprint density at radius 1 is 1.17 bits per heavy atom. The normalized spacial score (nSPS) is 12.3. The largest absolute Gasteiger partial charge is 0.481 e. The van der Waals surface area contributed by atoms with Gasteiger partial charge in [0.05, 0.1) is 0 Å². The van der Waals surface area contributed by atoms with Crippen molar-refractivity contribution < 1.29 is 38.1 Å². The maximum Gasteiger partial charge on any atom is 0.410 e. The van der Waals surface area contributed by atoms with Crippen LogP contribution < -0.4 is 10.6 Å². The van der Waals surface area contributed by atoms with Crippen LogP contribution in [0.15, 0.2) is 24.3 Å². The first-order chi connectivity index (χ1) is 13.8. The Labute approximate surface area is 167 Å². The fourth-order valence-electron chi connectivity index (χ4n) is 2.32. The van der Waals surface area contributed by atoms with Crippen molar-refractivity contribution in [3.63, 3.8) is 0 Å². The number of aliphatic carboxylic acids is 1. The summed E-state index contributed by atoms with van der Waals surface area (Å²) in [6, 6.07) is 4.73. The first-order valence-electron chi connectivity index (χ1n) is 9.13. The summed E-state index contributed by atoms with van der Waals surface area (Å²) in [4.78, 5) is 44.8. The van der Waals surface area contributed by atoms with Gasteiger partial charge in [-0.25, -0.2) is 9.18 Å². The molecule has 1 aromatic rings. The van der Waals surface area contributed by atoms with E-state index in [1.54, 1.807) is 6.92 Å². The minimum Gasteiger partial charge on any atom is -0.481 e. The summed E-state index contributed by atoms with van der Waals surface area (Å²) < 4.78 is 22.6. The van der Waals surface area contributed by atoms with Crippen molar-refractivity contribution in [3.05, 3.63) is 35.6 Å². The fraction of sp³-hybridized carbons (Fsp3) is 0.474. The highest BCUT2D eigenvalue weighted by atomic mass is 18.2. The molecular weight excluding hydrogens is 386 g/mol. The van der Waals surface area contributed by atoms with Crippen LogP contribution in [0.3, 0.4) is 0 Å². The molecule has 0 radical (unpaired) electrons. The van der Waals surface area contributed by atoms with Crippen LogP contribution >= 0.6 is 0 Å². The first kappa shape index (κ1) is 23.9. The van der Waals surface area contributed by atoms with E-state index in [4.69, 9.17) is 14.6 Å². The van der Waals surface area contributed by atoms with E-state index in [9.17, 15) is 23.6 Å². The maximum atomic E-state index is 12.8. The van der Waals surface area contributed by atoms with Crippen molar-refractivity contribution in [2.75, 3.05) is 6.54 Å². The molecule has 0 saturated carbocycles. The third kappa shape index (κ3) is 10.7. The third-order valence-electron chi connectivity index (χ3n) is 3.86. The smallest absolute Gasteiger partial charge is 0.410 e. The summed E-state index contributed by atoms with van der Waals surface area (Å²) >= 11 is 0. The van der Waals surface area contributed by atoms with Gasteiger partial charge < -0.3 is 25.2 Å². The van der Waals surface area contributed by atoms with Crippen molar-refractivity contribution in [1.82, 2.24) is 10.6 Å². The second-order valence-corrected chi connectivity index (χ2v) is 6.30. The van der Waals surface area contributed by atoms with Gasteiger partial charge in [0, 0.05) is 31.0 Å². The van der Waals surface area contributed by atoms with Crippen LogP contribution in [0.4, 0.5) is 9.18 Å². The Hall–Kier alpha value is -3.17. The molecule has 0 heterocycles. The minimum atomic E-state index is -1.09. The molecule has 160 valence electrons. The highest BCUT2D eigenvalue weighted by molar-refractivity contribution is 5.94. The number of carbonyl (C=O) groups excluding carboxylic acids is 3. The van der Waals surface area contributed by atoms with E-state index in [1.807, 2.05) is 0 Å². The van der Waals surface area contributed by atoms with Gasteiger partial charge in [0.1, 0.15) is 5.82 Å². The number of carboxylic acid groups (broad SMARTS) is 1. The summed E-state index contributed by atoms with van der Waals surface area (Å²) in [7, 11) is 0. The Kier molecular flexibility index (Phi) is 10.8. The van der Waals surface area contributed by atoms with E-state index >= 15 is 0 Å². The van der Waals surface area contributed by atoms with E-state index in [2.05, 4.69) is 10.6 Å². The van der Waals surface area contributed by atoms with Crippen molar-refractivity contribution in [2.45, 2.75) is 51.4 Å². The van der Waals surface area contributed by atoms with Gasteiger partial charge in [0.2, 0.25) is 6.29 Å². The Morgan fingerprint density at radius 2 is 1.86 bits per heavy atom. The highest BCUT2D eigenvalue weighted by Crippen LogP contribution is 2.08. The Morgan fingerprint density at radius 3 is 2.48 bits per heavy atom. The summed E-state index contributed by atoms with van der Waals surface area (Å²) in [6.07, 6.45) is -0.527. The van der Waals surface area contributed by atoms with Crippen molar-refractivity contribution in [2.24, 2.45) is 0 Å². The van der Waals surface area contributed by atoms with Crippen LogP contribution in [0, 0.1) is 5.82 Å². The number of rotatable bonds is 13. The number of hydrogen-bond acceptors (Lipinski definition) is 6. The lowest BCUT2D eigenvalue weighted by Gasteiger charge is -2.18. The van der Waals surface area contributed by atoms with Gasteiger partial charge in [-0.15, -0.1) is 0 Å². The molecule has 0 aliphatic rings. The number of carboxylic acids is 1. The molecule has 10 heteroatoms. The predicted molar refractivity (Wildman–Crippen MR) is 99.5 cm³/mol. The van der Waals surface area contributed by atoms with Gasteiger partial charge in [-0.3, -0.25) is 14.4 Å². The molecule has 29 heavy (non-hydrogen) atoms. The number of halogens is 1. The summed E-state index contributed by atoms with van der Waals surface area (Å²) in [5.74, 6) is -1.74. The van der Waals surface area contributed by atoms with E-state index < -0.39 is 30.2 Å². The van der Waals surface area contributed by atoms with Crippen molar-refractivity contribution >= 4 is 24.4 Å². The molecule has 0 fully saturated rings. The summed E-state index contributed by atoms with van der Waals surface area (Å²) in [6.45, 7) is 2.13. The second-order valence-electron chi connectivity index (χ2n) is 6.30. The molecule has 0 aliphatic heterocycles. The molecular formula is C19H25FN2O7. The molecule has 9 nitrogen and oxygen atoms in total. The van der Waals surface area contributed by atoms with Gasteiger partial charge >= 0.3 is 12.1 Å². The number of hydrogen-bond donors (Lipinski definition) is 3. The molecule has 2 atom stereocenters. The average molecular weight is 411 g/mol. The SMILES string of the molecule is C[C@H](CCC(=O)O)NC(=O)O[C@@H](CCCCNC(=O)c1ccc([18F])cc1)OC=O. The predicted octanol–water partition coefficient (Wildman–Crippen LogP) is 2.20. The summed E-state index contributed by atoms with van der Waals surface area (Å²) in [5, 5.41) is 13.8. The minimum absolute atomic E-state index is 0.0979. The number of carbonyl (C=O) groups is 4. The number of alkyl carbamates (subject to hydrolysis) is 1. The number of unbranched alkanes of at least 4 members (excludes halogenated alkanes) is 1. The van der Waals surface area contributed by atoms with Crippen LogP contribution in [-0.4, -0.2) is 48.4 Å². The van der Waals surface area contributed by atoms with Crippen LogP contribution in [0.5, 0.6) is 0 Å². The number of nitrogens with one attached hydrogen (secondary N) is 2. The quantitative estimate of drug-likeness (QED) is 0.258. The molecule has 0 aliphatic carbocycles. The zero-order valence-electron chi connectivity index (χ0n) is 16.1. The molecule has 1 aromatic carbocycles. The lowest BCUT2D eigenvalue weighted by Crippen LogP contribution is -2.36. The van der Waals surface area contributed by atoms with Crippen LogP contribution in [0.25, 0.3) is 0 Å². The van der Waals surface area contributed by atoms with Crippen LogP contribution in [0.2, 0.25) is 0 Å². The van der Waals surface area contributed by atoms with E-state index in [0.717, 1.165) is 0 Å². The van der Waals surface area contributed by atoms with Gasteiger partial charge in [-0.2, -0.15) is 0 Å². The summed E-state index contributed by atoms with van der Waals surface area (Å²) in [5.41, 5.74) is 0.339. The maximum absolute atomic E-state index is 12.8. The van der Waals surface area contributed by atoms with E-state index in [1.165, 1.54) is 24.3 Å². The zero-order valence-corrected chi connectivity index (χ0v) is 16.1. The van der Waals surface area contributed by atoms with E-state index in [0.29, 0.717) is 24.9 Å². The zero-order chi connectivity index (χ0) is 21.6. The lowest BCUT2D eigenvalue weighted by molar-refractivity contribution is -0.153. The molecule has 0 bridgehead atoms. The standard InChI is InChI=1S/C19H25FN2O7/c1-13(5-10-16(24)25)22-19(27)29-17(28-12-23)4-2-3-11-21-18(26)14-6-8-15(20)9-7-14/h6-9,12-13,17H,2-5,10-11H2,1H3,(H,21,26)(H,22,27)(H,24,25)/t13-,17+/m1/s1/i20-1. The Bertz CT molecular complexity index is 682. The molecule has 0 spiro atoms. The Balaban J connectivity index is 2.28.